The molecular weight excluding hydrogens is 516 g/mol. The molecule has 0 aliphatic heterocycles. The van der Waals surface area contributed by atoms with Crippen molar-refractivity contribution in [3.05, 3.63) is 95.6 Å². The number of alkyl carbamates (subject to hydrolysis) is 1. The van der Waals surface area contributed by atoms with Crippen LogP contribution >= 0.6 is 0 Å². The van der Waals surface area contributed by atoms with Gasteiger partial charge in [0, 0.05) is 12.5 Å². The summed E-state index contributed by atoms with van der Waals surface area (Å²) in [4.78, 5) is 48.7. The lowest BCUT2D eigenvalue weighted by Gasteiger charge is -2.19. The molecule has 0 radical (unpaired) electrons. The van der Waals surface area contributed by atoms with Crippen LogP contribution in [0, 0.1) is 0 Å². The molecule has 1 aliphatic carbocycles. The fourth-order valence-electron chi connectivity index (χ4n) is 4.48. The Bertz CT molecular complexity index is 1300. The first-order chi connectivity index (χ1) is 19.4. The molecule has 1 atom stereocenters. The van der Waals surface area contributed by atoms with Crippen molar-refractivity contribution < 1.29 is 38.5 Å². The first kappa shape index (κ1) is 28.3. The number of hydrogen-bond donors (Lipinski definition) is 3. The number of carboxylic acids is 1. The summed E-state index contributed by atoms with van der Waals surface area (Å²) in [6.45, 7) is -0.539. The first-order valence-electron chi connectivity index (χ1n) is 12.8. The minimum absolute atomic E-state index is 0.0159. The summed E-state index contributed by atoms with van der Waals surface area (Å²) in [6, 6.07) is 23.6. The van der Waals surface area contributed by atoms with Crippen LogP contribution in [0.15, 0.2) is 78.9 Å². The molecule has 2 amide bonds. The Balaban J connectivity index is 1.36. The van der Waals surface area contributed by atoms with Gasteiger partial charge < -0.3 is 30.0 Å². The molecule has 4 rings (SSSR count). The van der Waals surface area contributed by atoms with Crippen molar-refractivity contribution in [2.45, 2.75) is 25.0 Å². The normalized spacial score (nSPS) is 12.5. The topological polar surface area (TPSA) is 140 Å². The number of ether oxygens (including phenoxy) is 3. The summed E-state index contributed by atoms with van der Waals surface area (Å²) in [5.41, 5.74) is 5.01. The van der Waals surface area contributed by atoms with Gasteiger partial charge in [0.05, 0.1) is 13.0 Å². The maximum atomic E-state index is 12.8. The smallest absolute Gasteiger partial charge is 0.407 e. The van der Waals surface area contributed by atoms with Crippen molar-refractivity contribution in [1.82, 2.24) is 10.6 Å². The Morgan fingerprint density at radius 3 is 2.10 bits per heavy atom. The zero-order valence-electron chi connectivity index (χ0n) is 21.7. The highest BCUT2D eigenvalue weighted by Crippen LogP contribution is 2.44. The summed E-state index contributed by atoms with van der Waals surface area (Å²) in [5, 5.41) is 13.7. The second-order valence-electron chi connectivity index (χ2n) is 9.11. The van der Waals surface area contributed by atoms with Gasteiger partial charge in [-0.1, -0.05) is 78.9 Å². The minimum Gasteiger partial charge on any atom is -0.480 e. The van der Waals surface area contributed by atoms with E-state index in [1.165, 1.54) is 0 Å². The van der Waals surface area contributed by atoms with Gasteiger partial charge in [-0.15, -0.1) is 0 Å². The minimum atomic E-state index is -1.28. The standard InChI is InChI=1S/C30H30N2O8/c33-27(34)19-38-15-14-31-29(36)26(16-28(35)39-17-20-8-2-1-3-9-20)32-30(37)40-18-25-23-12-6-4-10-21(23)22-11-5-7-13-24(22)25/h1-13,25-26H,14-19H2,(H,31,36)(H,32,37)(H,33,34)/t26-/m0/s1. The van der Waals surface area contributed by atoms with Crippen LogP contribution in [0.4, 0.5) is 4.79 Å². The Hall–Kier alpha value is -4.70. The molecule has 208 valence electrons. The molecule has 3 aromatic carbocycles. The lowest BCUT2D eigenvalue weighted by molar-refractivity contribution is -0.147. The molecule has 0 fully saturated rings. The molecule has 0 bridgehead atoms. The maximum Gasteiger partial charge on any atom is 0.407 e. The summed E-state index contributed by atoms with van der Waals surface area (Å²) in [7, 11) is 0. The number of rotatable bonds is 13. The summed E-state index contributed by atoms with van der Waals surface area (Å²) < 4.78 is 15.7. The average molecular weight is 547 g/mol. The van der Waals surface area contributed by atoms with Gasteiger partial charge in [-0.05, 0) is 27.8 Å². The number of carboxylic acid groups (broad SMARTS) is 1. The second kappa shape index (κ2) is 13.9. The monoisotopic (exact) mass is 546 g/mol. The Morgan fingerprint density at radius 1 is 0.825 bits per heavy atom. The van der Waals surface area contributed by atoms with Crippen LogP contribution in [0.2, 0.25) is 0 Å². The zero-order chi connectivity index (χ0) is 28.3. The van der Waals surface area contributed by atoms with Crippen molar-refractivity contribution in [1.29, 1.82) is 0 Å². The van der Waals surface area contributed by atoms with Crippen molar-refractivity contribution in [3.63, 3.8) is 0 Å². The number of hydrogen-bond acceptors (Lipinski definition) is 7. The van der Waals surface area contributed by atoms with Gasteiger partial charge >= 0.3 is 18.0 Å². The largest absolute Gasteiger partial charge is 0.480 e. The van der Waals surface area contributed by atoms with Gasteiger partial charge in [-0.25, -0.2) is 9.59 Å². The maximum absolute atomic E-state index is 12.8. The molecular formula is C30H30N2O8. The lowest BCUT2D eigenvalue weighted by Crippen LogP contribution is -2.49. The molecule has 0 saturated heterocycles. The van der Waals surface area contributed by atoms with Crippen LogP contribution < -0.4 is 10.6 Å². The molecule has 10 nitrogen and oxygen atoms in total. The third kappa shape index (κ3) is 7.67. The Labute approximate surface area is 231 Å². The van der Waals surface area contributed by atoms with Crippen LogP contribution in [0.3, 0.4) is 0 Å². The van der Waals surface area contributed by atoms with Gasteiger partial charge in [-0.3, -0.25) is 9.59 Å². The van der Waals surface area contributed by atoms with E-state index >= 15 is 0 Å². The molecule has 0 saturated carbocycles. The van der Waals surface area contributed by atoms with E-state index in [0.29, 0.717) is 0 Å². The third-order valence-corrected chi connectivity index (χ3v) is 6.34. The second-order valence-corrected chi connectivity index (χ2v) is 9.11. The molecule has 0 aromatic heterocycles. The highest BCUT2D eigenvalue weighted by atomic mass is 16.6. The van der Waals surface area contributed by atoms with E-state index in [9.17, 15) is 19.2 Å². The predicted molar refractivity (Wildman–Crippen MR) is 144 cm³/mol. The molecule has 10 heteroatoms. The molecule has 0 unspecified atom stereocenters. The number of benzene rings is 3. The summed E-state index contributed by atoms with van der Waals surface area (Å²) >= 11 is 0. The van der Waals surface area contributed by atoms with Crippen molar-refractivity contribution in [3.8, 4) is 11.1 Å². The molecule has 1 aliphatic rings. The number of carbonyl (C=O) groups is 4. The lowest BCUT2D eigenvalue weighted by atomic mass is 9.98. The number of nitrogens with one attached hydrogen (secondary N) is 2. The van der Waals surface area contributed by atoms with E-state index in [1.807, 2.05) is 66.7 Å². The Morgan fingerprint density at radius 2 is 1.45 bits per heavy atom. The molecule has 0 heterocycles. The van der Waals surface area contributed by atoms with Gasteiger partial charge in [0.25, 0.3) is 0 Å². The molecule has 3 N–H and O–H groups in total. The fraction of sp³-hybridized carbons (Fsp3) is 0.267. The van der Waals surface area contributed by atoms with Crippen LogP contribution in [-0.2, 0) is 35.2 Å². The van der Waals surface area contributed by atoms with Gasteiger partial charge in [0.2, 0.25) is 5.91 Å². The molecule has 40 heavy (non-hydrogen) atoms. The highest BCUT2D eigenvalue weighted by molar-refractivity contribution is 5.89. The quantitative estimate of drug-likeness (QED) is 0.219. The SMILES string of the molecule is O=C(O)COCCNC(=O)[C@H](CC(=O)OCc1ccccc1)NC(=O)OCC1c2ccccc2-c2ccccc21. The van der Waals surface area contributed by atoms with E-state index in [1.54, 1.807) is 12.1 Å². The van der Waals surface area contributed by atoms with Crippen molar-refractivity contribution in [2.24, 2.45) is 0 Å². The van der Waals surface area contributed by atoms with Crippen LogP contribution in [0.5, 0.6) is 0 Å². The number of aliphatic carboxylic acids is 1. The fourth-order valence-corrected chi connectivity index (χ4v) is 4.48. The van der Waals surface area contributed by atoms with Gasteiger partial charge in [0.1, 0.15) is 25.9 Å². The van der Waals surface area contributed by atoms with Gasteiger partial charge in [0.15, 0.2) is 0 Å². The zero-order valence-corrected chi connectivity index (χ0v) is 21.7. The average Bonchev–Trinajstić information content (AvgIpc) is 3.28. The van der Waals surface area contributed by atoms with Crippen LogP contribution in [0.1, 0.15) is 29.0 Å². The molecule has 3 aromatic rings. The number of amides is 2. The van der Waals surface area contributed by atoms with Gasteiger partial charge in [-0.2, -0.15) is 0 Å². The van der Waals surface area contributed by atoms with E-state index in [4.69, 9.17) is 19.3 Å². The number of fused-ring (bicyclic) bond motifs is 3. The third-order valence-electron chi connectivity index (χ3n) is 6.34. The van der Waals surface area contributed by atoms with Crippen LogP contribution in [0.25, 0.3) is 11.1 Å². The van der Waals surface area contributed by atoms with E-state index in [2.05, 4.69) is 10.6 Å². The van der Waals surface area contributed by atoms with Crippen molar-refractivity contribution in [2.75, 3.05) is 26.4 Å². The van der Waals surface area contributed by atoms with Crippen molar-refractivity contribution >= 4 is 23.9 Å². The van der Waals surface area contributed by atoms with E-state index in [-0.39, 0.29) is 32.3 Å². The number of esters is 1. The van der Waals surface area contributed by atoms with E-state index < -0.39 is 43.0 Å². The van der Waals surface area contributed by atoms with E-state index in [0.717, 1.165) is 27.8 Å². The predicted octanol–water partition coefficient (Wildman–Crippen LogP) is 3.24. The van der Waals surface area contributed by atoms with Crippen LogP contribution in [-0.4, -0.2) is 61.5 Å². The number of carbonyl (C=O) groups excluding carboxylic acids is 3. The Kier molecular flexibility index (Phi) is 9.84. The highest BCUT2D eigenvalue weighted by Gasteiger charge is 2.30. The summed E-state index contributed by atoms with van der Waals surface area (Å²) in [5.74, 6) is -2.66. The summed E-state index contributed by atoms with van der Waals surface area (Å²) in [6.07, 6.45) is -1.29. The first-order valence-corrected chi connectivity index (χ1v) is 12.8. The molecule has 0 spiro atoms.